The van der Waals surface area contributed by atoms with E-state index in [2.05, 4.69) is 15.3 Å². The zero-order valence-corrected chi connectivity index (χ0v) is 13.6. The number of alkyl carbamates (subject to hydrolysis) is 1. The molecule has 2 heterocycles. The molecule has 0 aromatic carbocycles. The lowest BCUT2D eigenvalue weighted by Crippen LogP contribution is -2.38. The average Bonchev–Trinajstić information content (AvgIpc) is 2.52. The van der Waals surface area contributed by atoms with Crippen LogP contribution in [0, 0.1) is 5.82 Å². The second-order valence-electron chi connectivity index (χ2n) is 6.06. The van der Waals surface area contributed by atoms with Gasteiger partial charge in [0, 0.05) is 6.20 Å². The van der Waals surface area contributed by atoms with Gasteiger partial charge < -0.3 is 10.1 Å². The Hall–Kier alpha value is -2.83. The van der Waals surface area contributed by atoms with Gasteiger partial charge in [-0.15, -0.1) is 0 Å². The van der Waals surface area contributed by atoms with Crippen LogP contribution in [0.5, 0.6) is 0 Å². The number of aromatic nitrogens is 2. The summed E-state index contributed by atoms with van der Waals surface area (Å²) in [6.45, 7) is 5.14. The minimum atomic E-state index is -1.08. The number of ketones is 1. The number of rotatable bonds is 4. The molecule has 0 aliphatic rings. The van der Waals surface area contributed by atoms with E-state index in [-0.39, 0.29) is 5.69 Å². The third-order valence-electron chi connectivity index (χ3n) is 2.89. The maximum Gasteiger partial charge on any atom is 0.408 e. The lowest BCUT2D eigenvalue weighted by atomic mass is 10.1. The minimum Gasteiger partial charge on any atom is -0.444 e. The molecule has 0 saturated carbocycles. The summed E-state index contributed by atoms with van der Waals surface area (Å²) in [6, 6.07) is 6.28. The van der Waals surface area contributed by atoms with Crippen LogP contribution in [0.25, 0.3) is 0 Å². The van der Waals surface area contributed by atoms with Gasteiger partial charge in [0.1, 0.15) is 23.2 Å². The van der Waals surface area contributed by atoms with Gasteiger partial charge in [0.05, 0.1) is 11.9 Å². The highest BCUT2D eigenvalue weighted by atomic mass is 19.1. The van der Waals surface area contributed by atoms with Crippen LogP contribution >= 0.6 is 0 Å². The molecule has 6 nitrogen and oxygen atoms in total. The van der Waals surface area contributed by atoms with E-state index in [0.29, 0.717) is 5.69 Å². The van der Waals surface area contributed by atoms with Crippen LogP contribution in [0.3, 0.4) is 0 Å². The molecule has 0 bridgehead atoms. The number of pyridine rings is 2. The van der Waals surface area contributed by atoms with Crippen LogP contribution in [-0.4, -0.2) is 27.4 Å². The Morgan fingerprint density at radius 3 is 2.46 bits per heavy atom. The monoisotopic (exact) mass is 331 g/mol. The van der Waals surface area contributed by atoms with E-state index in [1.54, 1.807) is 39.0 Å². The van der Waals surface area contributed by atoms with Gasteiger partial charge in [-0.1, -0.05) is 6.07 Å². The molecule has 0 radical (unpaired) electrons. The summed E-state index contributed by atoms with van der Waals surface area (Å²) < 4.78 is 18.2. The van der Waals surface area contributed by atoms with Gasteiger partial charge in [-0.3, -0.25) is 9.78 Å². The predicted molar refractivity (Wildman–Crippen MR) is 84.9 cm³/mol. The number of halogens is 1. The van der Waals surface area contributed by atoms with Gasteiger partial charge in [0.25, 0.3) is 0 Å². The fraction of sp³-hybridized carbons (Fsp3) is 0.294. The van der Waals surface area contributed by atoms with E-state index >= 15 is 0 Å². The van der Waals surface area contributed by atoms with Crippen molar-refractivity contribution in [3.8, 4) is 0 Å². The van der Waals surface area contributed by atoms with Crippen LogP contribution in [0.4, 0.5) is 9.18 Å². The molecule has 24 heavy (non-hydrogen) atoms. The van der Waals surface area contributed by atoms with E-state index in [1.165, 1.54) is 12.3 Å². The number of amides is 1. The molecule has 2 aromatic rings. The van der Waals surface area contributed by atoms with E-state index in [9.17, 15) is 14.0 Å². The Morgan fingerprint density at radius 2 is 1.92 bits per heavy atom. The standard InChI is InChI=1S/C17H18FN3O3/c1-17(2,3)24-16(23)21-14(12-6-4-5-9-19-12)15(22)13-8-7-11(18)10-20-13/h4-10,14H,1-3H3,(H,21,23). The minimum absolute atomic E-state index is 0.0168. The summed E-state index contributed by atoms with van der Waals surface area (Å²) in [5.74, 6) is -1.07. The Morgan fingerprint density at radius 1 is 1.17 bits per heavy atom. The van der Waals surface area contributed by atoms with Crippen molar-refractivity contribution in [3.05, 3.63) is 59.9 Å². The number of Topliss-reactive ketones (excluding diaryl/α,β-unsaturated/α-hetero) is 1. The van der Waals surface area contributed by atoms with Gasteiger partial charge in [0.2, 0.25) is 5.78 Å². The van der Waals surface area contributed by atoms with Gasteiger partial charge in [-0.25, -0.2) is 14.2 Å². The maximum absolute atomic E-state index is 13.0. The molecule has 0 aliphatic heterocycles. The van der Waals surface area contributed by atoms with Crippen molar-refractivity contribution in [2.24, 2.45) is 0 Å². The third-order valence-corrected chi connectivity index (χ3v) is 2.89. The van der Waals surface area contributed by atoms with Gasteiger partial charge >= 0.3 is 6.09 Å². The molecule has 126 valence electrons. The summed E-state index contributed by atoms with van der Waals surface area (Å²) >= 11 is 0. The van der Waals surface area contributed by atoms with Gasteiger partial charge in [-0.2, -0.15) is 0 Å². The molecular formula is C17H18FN3O3. The van der Waals surface area contributed by atoms with Crippen molar-refractivity contribution < 1.29 is 18.7 Å². The highest BCUT2D eigenvalue weighted by Gasteiger charge is 2.28. The first kappa shape index (κ1) is 17.5. The predicted octanol–water partition coefficient (Wildman–Crippen LogP) is 3.06. The molecule has 0 aliphatic carbocycles. The SMILES string of the molecule is CC(C)(C)OC(=O)NC(C(=O)c1ccc(F)cn1)c1ccccn1. The molecule has 0 saturated heterocycles. The quantitative estimate of drug-likeness (QED) is 0.871. The number of carbonyl (C=O) groups excluding carboxylic acids is 2. The fourth-order valence-corrected chi connectivity index (χ4v) is 1.92. The van der Waals surface area contributed by atoms with Crippen molar-refractivity contribution in [1.29, 1.82) is 0 Å². The molecule has 1 N–H and O–H groups in total. The number of carbonyl (C=O) groups is 2. The van der Waals surface area contributed by atoms with Crippen LogP contribution < -0.4 is 5.32 Å². The lowest BCUT2D eigenvalue weighted by molar-refractivity contribution is 0.0489. The van der Waals surface area contributed by atoms with Gasteiger partial charge in [0.15, 0.2) is 0 Å². The van der Waals surface area contributed by atoms with Crippen molar-refractivity contribution in [1.82, 2.24) is 15.3 Å². The molecule has 1 unspecified atom stereocenters. The van der Waals surface area contributed by atoms with Crippen molar-refractivity contribution in [2.75, 3.05) is 0 Å². The van der Waals surface area contributed by atoms with Crippen molar-refractivity contribution >= 4 is 11.9 Å². The number of ether oxygens (including phenoxy) is 1. The highest BCUT2D eigenvalue weighted by Crippen LogP contribution is 2.17. The second-order valence-corrected chi connectivity index (χ2v) is 6.06. The van der Waals surface area contributed by atoms with Crippen LogP contribution in [-0.2, 0) is 4.74 Å². The summed E-state index contributed by atoms with van der Waals surface area (Å²) in [6.07, 6.45) is 1.69. The summed E-state index contributed by atoms with van der Waals surface area (Å²) in [7, 11) is 0. The molecular weight excluding hydrogens is 313 g/mol. The fourth-order valence-electron chi connectivity index (χ4n) is 1.92. The Balaban J connectivity index is 2.28. The van der Waals surface area contributed by atoms with E-state index in [0.717, 1.165) is 12.3 Å². The normalized spacial score (nSPS) is 12.3. The average molecular weight is 331 g/mol. The molecule has 2 aromatic heterocycles. The number of hydrogen-bond acceptors (Lipinski definition) is 5. The van der Waals surface area contributed by atoms with Crippen molar-refractivity contribution in [3.63, 3.8) is 0 Å². The largest absolute Gasteiger partial charge is 0.444 e. The van der Waals surface area contributed by atoms with E-state index in [1.807, 2.05) is 0 Å². The van der Waals surface area contributed by atoms with Crippen LogP contribution in [0.2, 0.25) is 0 Å². The number of hydrogen-bond donors (Lipinski definition) is 1. The summed E-state index contributed by atoms with van der Waals surface area (Å²) in [5.41, 5.74) is -0.363. The topological polar surface area (TPSA) is 81.2 Å². The third kappa shape index (κ3) is 4.84. The molecule has 7 heteroatoms. The first-order valence-corrected chi connectivity index (χ1v) is 7.32. The first-order chi connectivity index (χ1) is 11.3. The first-order valence-electron chi connectivity index (χ1n) is 7.32. The Bertz CT molecular complexity index is 712. The summed E-state index contributed by atoms with van der Waals surface area (Å²) in [4.78, 5) is 32.6. The van der Waals surface area contributed by atoms with Crippen LogP contribution in [0.1, 0.15) is 43.0 Å². The van der Waals surface area contributed by atoms with Gasteiger partial charge in [-0.05, 0) is 45.0 Å². The molecule has 0 spiro atoms. The smallest absolute Gasteiger partial charge is 0.408 e. The van der Waals surface area contributed by atoms with E-state index < -0.39 is 29.3 Å². The van der Waals surface area contributed by atoms with Crippen LogP contribution in [0.15, 0.2) is 42.7 Å². The lowest BCUT2D eigenvalue weighted by Gasteiger charge is -2.22. The molecule has 0 fully saturated rings. The maximum atomic E-state index is 13.0. The summed E-state index contributed by atoms with van der Waals surface area (Å²) in [5, 5.41) is 2.50. The Labute approximate surface area is 139 Å². The zero-order valence-electron chi connectivity index (χ0n) is 13.6. The number of nitrogens with one attached hydrogen (secondary N) is 1. The number of nitrogens with zero attached hydrogens (tertiary/aromatic N) is 2. The van der Waals surface area contributed by atoms with E-state index in [4.69, 9.17) is 4.74 Å². The molecule has 1 atom stereocenters. The highest BCUT2D eigenvalue weighted by molar-refractivity contribution is 6.00. The van der Waals surface area contributed by atoms with Crippen molar-refractivity contribution in [2.45, 2.75) is 32.4 Å². The Kier molecular flexibility index (Phi) is 5.23. The molecule has 1 amide bonds. The second kappa shape index (κ2) is 7.16. The molecule has 2 rings (SSSR count). The zero-order chi connectivity index (χ0) is 17.7.